The standard InChI is InChI=1S/C13H17FN2O.C12H18O/c14-12-3-1-11(2-4-12)9-16-7-5-13(6-8-16)15-10-17;1-9-6-7-10(2)11(8-9)13-12(3,4)5/h1-4,10,13H,5-9H2,(H,15,17);6-8H,1-5H3. The molecule has 1 N–H and O–H groups in total. The summed E-state index contributed by atoms with van der Waals surface area (Å²) in [5.74, 6) is 0.801. The molecule has 4 nitrogen and oxygen atoms in total. The zero-order chi connectivity index (χ0) is 22.1. The van der Waals surface area contributed by atoms with Crippen molar-refractivity contribution >= 4 is 6.41 Å². The highest BCUT2D eigenvalue weighted by molar-refractivity contribution is 5.46. The molecule has 0 radical (unpaired) electrons. The first kappa shape index (κ1) is 23.9. The summed E-state index contributed by atoms with van der Waals surface area (Å²) >= 11 is 0. The molecule has 1 aliphatic heterocycles. The fourth-order valence-electron chi connectivity index (χ4n) is 3.35. The van der Waals surface area contributed by atoms with Crippen LogP contribution in [0.25, 0.3) is 0 Å². The largest absolute Gasteiger partial charge is 0.488 e. The molecule has 1 aliphatic rings. The van der Waals surface area contributed by atoms with Crippen molar-refractivity contribution in [2.75, 3.05) is 13.1 Å². The number of hydrogen-bond acceptors (Lipinski definition) is 3. The smallest absolute Gasteiger partial charge is 0.207 e. The van der Waals surface area contributed by atoms with Crippen LogP contribution in [-0.2, 0) is 11.3 Å². The van der Waals surface area contributed by atoms with Crippen LogP contribution in [0, 0.1) is 19.7 Å². The highest BCUT2D eigenvalue weighted by Crippen LogP contribution is 2.23. The van der Waals surface area contributed by atoms with E-state index >= 15 is 0 Å². The maximum absolute atomic E-state index is 12.7. The van der Waals surface area contributed by atoms with Crippen molar-refractivity contribution in [1.82, 2.24) is 10.2 Å². The molecule has 0 saturated carbocycles. The summed E-state index contributed by atoms with van der Waals surface area (Å²) in [6.07, 6.45) is 2.75. The number of carbonyl (C=O) groups is 1. The van der Waals surface area contributed by atoms with Crippen LogP contribution >= 0.6 is 0 Å². The number of carbonyl (C=O) groups excluding carboxylic acids is 1. The number of amides is 1. The van der Waals surface area contributed by atoms with Gasteiger partial charge in [0.25, 0.3) is 0 Å². The van der Waals surface area contributed by atoms with Crippen LogP contribution < -0.4 is 10.1 Å². The van der Waals surface area contributed by atoms with Crippen LogP contribution in [0.5, 0.6) is 5.75 Å². The SMILES string of the molecule is Cc1ccc(C)c(OC(C)(C)C)c1.O=CNC1CCN(Cc2ccc(F)cc2)CC1. The normalized spacial score (nSPS) is 15.1. The molecule has 1 amide bonds. The van der Waals surface area contributed by atoms with Gasteiger partial charge in [0.1, 0.15) is 17.2 Å². The Labute approximate surface area is 180 Å². The molecule has 2 aromatic carbocycles. The van der Waals surface area contributed by atoms with Gasteiger partial charge in [0.15, 0.2) is 0 Å². The Bertz CT molecular complexity index is 792. The Kier molecular flexibility index (Phi) is 8.85. The summed E-state index contributed by atoms with van der Waals surface area (Å²) in [5, 5.41) is 2.82. The number of piperidine rings is 1. The van der Waals surface area contributed by atoms with E-state index < -0.39 is 0 Å². The van der Waals surface area contributed by atoms with Gasteiger partial charge in [-0.1, -0.05) is 24.3 Å². The van der Waals surface area contributed by atoms with Crippen LogP contribution in [0.1, 0.15) is 50.3 Å². The summed E-state index contributed by atoms with van der Waals surface area (Å²) in [6.45, 7) is 13.1. The molecule has 1 fully saturated rings. The minimum Gasteiger partial charge on any atom is -0.488 e. The zero-order valence-electron chi connectivity index (χ0n) is 18.9. The summed E-state index contributed by atoms with van der Waals surface area (Å²) < 4.78 is 18.6. The maximum atomic E-state index is 12.7. The molecule has 3 rings (SSSR count). The van der Waals surface area contributed by atoms with E-state index in [-0.39, 0.29) is 11.4 Å². The predicted molar refractivity (Wildman–Crippen MR) is 120 cm³/mol. The van der Waals surface area contributed by atoms with E-state index in [9.17, 15) is 9.18 Å². The first-order valence-electron chi connectivity index (χ1n) is 10.6. The van der Waals surface area contributed by atoms with Gasteiger partial charge in [-0.05, 0) is 82.3 Å². The lowest BCUT2D eigenvalue weighted by Crippen LogP contribution is -2.41. The van der Waals surface area contributed by atoms with Gasteiger partial charge >= 0.3 is 0 Å². The van der Waals surface area contributed by atoms with Crippen molar-refractivity contribution in [3.63, 3.8) is 0 Å². The van der Waals surface area contributed by atoms with Crippen molar-refractivity contribution in [3.8, 4) is 5.75 Å². The molecule has 5 heteroatoms. The van der Waals surface area contributed by atoms with Gasteiger partial charge in [0, 0.05) is 25.7 Å². The lowest BCUT2D eigenvalue weighted by molar-refractivity contribution is -0.110. The molecule has 164 valence electrons. The molecular weight excluding hydrogens is 379 g/mol. The van der Waals surface area contributed by atoms with E-state index in [1.54, 1.807) is 0 Å². The molecule has 0 aromatic heterocycles. The topological polar surface area (TPSA) is 41.6 Å². The minimum atomic E-state index is -0.192. The molecule has 2 aromatic rings. The number of ether oxygens (including phenoxy) is 1. The van der Waals surface area contributed by atoms with Gasteiger partial charge in [0.05, 0.1) is 0 Å². The number of nitrogens with zero attached hydrogens (tertiary/aromatic N) is 1. The van der Waals surface area contributed by atoms with Gasteiger partial charge < -0.3 is 10.1 Å². The highest BCUT2D eigenvalue weighted by Gasteiger charge is 2.18. The second-order valence-electron chi connectivity index (χ2n) is 8.94. The number of hydrogen-bond donors (Lipinski definition) is 1. The summed E-state index contributed by atoms with van der Waals surface area (Å²) in [7, 11) is 0. The lowest BCUT2D eigenvalue weighted by atomic mass is 10.0. The Hall–Kier alpha value is -2.40. The monoisotopic (exact) mass is 414 g/mol. The summed E-state index contributed by atoms with van der Waals surface area (Å²) in [6, 6.07) is 13.2. The van der Waals surface area contributed by atoms with Gasteiger partial charge in [0.2, 0.25) is 6.41 Å². The van der Waals surface area contributed by atoms with Crippen molar-refractivity contribution in [2.45, 2.75) is 65.6 Å². The van der Waals surface area contributed by atoms with Crippen molar-refractivity contribution in [2.24, 2.45) is 0 Å². The molecule has 1 saturated heterocycles. The van der Waals surface area contributed by atoms with Gasteiger partial charge in [-0.2, -0.15) is 0 Å². The Balaban J connectivity index is 0.000000222. The first-order valence-corrected chi connectivity index (χ1v) is 10.6. The van der Waals surface area contributed by atoms with Crippen molar-refractivity contribution in [3.05, 3.63) is 65.0 Å². The van der Waals surface area contributed by atoms with E-state index in [0.717, 1.165) is 50.2 Å². The number of halogens is 1. The van der Waals surface area contributed by atoms with Gasteiger partial charge in [-0.25, -0.2) is 4.39 Å². The average Bonchev–Trinajstić information content (AvgIpc) is 2.68. The first-order chi connectivity index (χ1) is 14.2. The second-order valence-corrected chi connectivity index (χ2v) is 8.94. The summed E-state index contributed by atoms with van der Waals surface area (Å²) in [4.78, 5) is 12.6. The van der Waals surface area contributed by atoms with Crippen molar-refractivity contribution in [1.29, 1.82) is 0 Å². The van der Waals surface area contributed by atoms with Crippen LogP contribution in [0.4, 0.5) is 4.39 Å². The van der Waals surface area contributed by atoms with Crippen LogP contribution in [-0.4, -0.2) is 36.0 Å². The second kappa shape index (κ2) is 11.1. The van der Waals surface area contributed by atoms with E-state index in [0.29, 0.717) is 6.04 Å². The minimum absolute atomic E-state index is 0.113. The van der Waals surface area contributed by atoms with E-state index in [1.165, 1.54) is 23.3 Å². The average molecular weight is 415 g/mol. The third kappa shape index (κ3) is 8.54. The molecule has 0 spiro atoms. The van der Waals surface area contributed by atoms with Crippen LogP contribution in [0.15, 0.2) is 42.5 Å². The Morgan fingerprint density at radius 1 is 1.10 bits per heavy atom. The third-order valence-corrected chi connectivity index (χ3v) is 4.97. The fraction of sp³-hybridized carbons (Fsp3) is 0.480. The lowest BCUT2D eigenvalue weighted by Gasteiger charge is -2.31. The predicted octanol–water partition coefficient (Wildman–Crippen LogP) is 5.02. The quantitative estimate of drug-likeness (QED) is 0.699. The van der Waals surface area contributed by atoms with E-state index in [1.807, 2.05) is 12.1 Å². The van der Waals surface area contributed by atoms with Crippen molar-refractivity contribution < 1.29 is 13.9 Å². The van der Waals surface area contributed by atoms with Crippen LogP contribution in [0.2, 0.25) is 0 Å². The Morgan fingerprint density at radius 2 is 1.73 bits per heavy atom. The number of nitrogens with one attached hydrogen (secondary N) is 1. The number of benzene rings is 2. The highest BCUT2D eigenvalue weighted by atomic mass is 19.1. The fourth-order valence-corrected chi connectivity index (χ4v) is 3.35. The van der Waals surface area contributed by atoms with E-state index in [2.05, 4.69) is 63.0 Å². The molecule has 30 heavy (non-hydrogen) atoms. The summed E-state index contributed by atoms with van der Waals surface area (Å²) in [5.41, 5.74) is 3.46. The molecule has 1 heterocycles. The van der Waals surface area contributed by atoms with Gasteiger partial charge in [-0.15, -0.1) is 0 Å². The Morgan fingerprint density at radius 3 is 2.30 bits per heavy atom. The molecule has 0 bridgehead atoms. The maximum Gasteiger partial charge on any atom is 0.207 e. The zero-order valence-corrected chi connectivity index (χ0v) is 18.9. The van der Waals surface area contributed by atoms with Crippen LogP contribution in [0.3, 0.4) is 0 Å². The number of likely N-dealkylation sites (tertiary alicyclic amines) is 1. The number of rotatable bonds is 5. The molecular formula is C25H35FN2O2. The molecule has 0 unspecified atom stereocenters. The molecule has 0 atom stereocenters. The van der Waals surface area contributed by atoms with Gasteiger partial charge in [-0.3, -0.25) is 9.69 Å². The number of aryl methyl sites for hydroxylation is 2. The third-order valence-electron chi connectivity index (χ3n) is 4.97. The van der Waals surface area contributed by atoms with E-state index in [4.69, 9.17) is 4.74 Å². The molecule has 0 aliphatic carbocycles.